The summed E-state index contributed by atoms with van der Waals surface area (Å²) in [4.78, 5) is 38.2. The molecule has 0 saturated heterocycles. The zero-order valence-electron chi connectivity index (χ0n) is 20.3. The highest BCUT2D eigenvalue weighted by atomic mass is 16.5. The lowest BCUT2D eigenvalue weighted by atomic mass is 9.80. The SMILES string of the molecule is CCCC(C(N)=O)[C@H](CC(C)C)C(=O)N(O)[C@H](C(=O)NCCOCCOC)C(C)(C)C. The van der Waals surface area contributed by atoms with Crippen molar-refractivity contribution in [3.05, 3.63) is 0 Å². The molecule has 0 saturated carbocycles. The fraction of sp³-hybridized carbons (Fsp3) is 0.864. The summed E-state index contributed by atoms with van der Waals surface area (Å²) in [5, 5.41) is 14.1. The number of nitrogens with one attached hydrogen (secondary N) is 1. The van der Waals surface area contributed by atoms with Crippen molar-refractivity contribution in [2.75, 3.05) is 33.5 Å². The normalized spacial score (nSPS) is 14.7. The minimum atomic E-state index is -1.14. The van der Waals surface area contributed by atoms with Crippen LogP contribution in [-0.4, -0.2) is 67.5 Å². The predicted octanol–water partition coefficient (Wildman–Crippen LogP) is 1.96. The van der Waals surface area contributed by atoms with Crippen molar-refractivity contribution in [1.82, 2.24) is 10.4 Å². The molecule has 0 heterocycles. The van der Waals surface area contributed by atoms with Crippen molar-refractivity contribution in [3.63, 3.8) is 0 Å². The molecule has 31 heavy (non-hydrogen) atoms. The van der Waals surface area contributed by atoms with Gasteiger partial charge in [0.2, 0.25) is 11.8 Å². The van der Waals surface area contributed by atoms with Crippen LogP contribution in [-0.2, 0) is 23.9 Å². The Morgan fingerprint density at radius 2 is 1.71 bits per heavy atom. The van der Waals surface area contributed by atoms with Crippen LogP contribution in [0, 0.1) is 23.2 Å². The van der Waals surface area contributed by atoms with Crippen molar-refractivity contribution in [3.8, 4) is 0 Å². The van der Waals surface area contributed by atoms with Gasteiger partial charge in [-0.05, 0) is 24.2 Å². The molecular weight excluding hydrogens is 402 g/mol. The Balaban J connectivity index is 5.50. The third kappa shape index (κ3) is 10.4. The van der Waals surface area contributed by atoms with Crippen LogP contribution < -0.4 is 11.1 Å². The number of rotatable bonds is 15. The lowest BCUT2D eigenvalue weighted by molar-refractivity contribution is -0.195. The van der Waals surface area contributed by atoms with Gasteiger partial charge in [-0.25, -0.2) is 5.06 Å². The molecular formula is C22H43N3O6. The molecule has 1 unspecified atom stereocenters. The van der Waals surface area contributed by atoms with Crippen molar-refractivity contribution >= 4 is 17.7 Å². The maximum atomic E-state index is 13.3. The first-order valence-electron chi connectivity index (χ1n) is 11.0. The van der Waals surface area contributed by atoms with Gasteiger partial charge in [0.15, 0.2) is 0 Å². The molecule has 0 aromatic rings. The van der Waals surface area contributed by atoms with Crippen LogP contribution in [0.5, 0.6) is 0 Å². The average molecular weight is 446 g/mol. The van der Waals surface area contributed by atoms with Gasteiger partial charge in [0.25, 0.3) is 5.91 Å². The number of carbonyl (C=O) groups excluding carboxylic acids is 3. The minimum absolute atomic E-state index is 0.104. The van der Waals surface area contributed by atoms with Gasteiger partial charge in [-0.3, -0.25) is 19.6 Å². The second-order valence-electron chi connectivity index (χ2n) is 9.38. The van der Waals surface area contributed by atoms with Crippen molar-refractivity contribution < 1.29 is 29.1 Å². The van der Waals surface area contributed by atoms with Gasteiger partial charge in [0, 0.05) is 19.6 Å². The zero-order valence-corrected chi connectivity index (χ0v) is 20.3. The summed E-state index contributed by atoms with van der Waals surface area (Å²) >= 11 is 0. The van der Waals surface area contributed by atoms with E-state index in [1.165, 1.54) is 0 Å². The van der Waals surface area contributed by atoms with E-state index in [1.54, 1.807) is 27.9 Å². The fourth-order valence-electron chi connectivity index (χ4n) is 3.55. The largest absolute Gasteiger partial charge is 0.382 e. The van der Waals surface area contributed by atoms with Crippen molar-refractivity contribution in [1.29, 1.82) is 0 Å². The molecule has 0 aromatic heterocycles. The van der Waals surface area contributed by atoms with Gasteiger partial charge in [0.05, 0.1) is 25.7 Å². The van der Waals surface area contributed by atoms with Gasteiger partial charge >= 0.3 is 0 Å². The van der Waals surface area contributed by atoms with Crippen molar-refractivity contribution in [2.24, 2.45) is 28.9 Å². The molecule has 3 amide bonds. The highest BCUT2D eigenvalue weighted by Gasteiger charge is 2.43. The molecule has 0 aliphatic heterocycles. The minimum Gasteiger partial charge on any atom is -0.382 e. The van der Waals surface area contributed by atoms with Crippen LogP contribution in [0.25, 0.3) is 0 Å². The van der Waals surface area contributed by atoms with E-state index in [0.29, 0.717) is 37.5 Å². The average Bonchev–Trinajstić information content (AvgIpc) is 2.65. The predicted molar refractivity (Wildman–Crippen MR) is 118 cm³/mol. The first-order valence-corrected chi connectivity index (χ1v) is 11.0. The Hall–Kier alpha value is -1.71. The number of hydrogen-bond donors (Lipinski definition) is 3. The zero-order chi connectivity index (χ0) is 24.2. The van der Waals surface area contributed by atoms with Crippen LogP contribution in [0.2, 0.25) is 0 Å². The van der Waals surface area contributed by atoms with E-state index < -0.39 is 41.0 Å². The van der Waals surface area contributed by atoms with E-state index >= 15 is 0 Å². The Labute approximate surface area is 187 Å². The summed E-state index contributed by atoms with van der Waals surface area (Å²) < 4.78 is 10.2. The van der Waals surface area contributed by atoms with Crippen LogP contribution in [0.15, 0.2) is 0 Å². The molecule has 0 rings (SSSR count). The molecule has 9 nitrogen and oxygen atoms in total. The molecule has 0 aliphatic carbocycles. The van der Waals surface area contributed by atoms with Crippen LogP contribution in [0.1, 0.15) is 60.8 Å². The standard InChI is InChI=1S/C22H43N3O6/c1-8-9-16(19(23)26)17(14-15(2)3)21(28)25(29)18(22(4,5)6)20(27)24-10-11-31-13-12-30-7/h15-18,29H,8-14H2,1-7H3,(H2,23,26)(H,24,27)/t16?,17-,18+/m0/s1. The quantitative estimate of drug-likeness (QED) is 0.201. The van der Waals surface area contributed by atoms with E-state index in [1.807, 2.05) is 20.8 Å². The van der Waals surface area contributed by atoms with E-state index in [9.17, 15) is 19.6 Å². The lowest BCUT2D eigenvalue weighted by Crippen LogP contribution is -2.57. The van der Waals surface area contributed by atoms with Gasteiger partial charge in [-0.2, -0.15) is 0 Å². The Kier molecular flexibility index (Phi) is 13.6. The van der Waals surface area contributed by atoms with Gasteiger partial charge in [0.1, 0.15) is 6.04 Å². The second kappa shape index (κ2) is 14.4. The number of nitrogens with zero attached hydrogens (tertiary/aromatic N) is 1. The summed E-state index contributed by atoms with van der Waals surface area (Å²) in [6.45, 7) is 12.4. The molecule has 0 aliphatic rings. The third-order valence-corrected chi connectivity index (χ3v) is 5.01. The Bertz CT molecular complexity index is 562. The van der Waals surface area contributed by atoms with Crippen LogP contribution in [0.4, 0.5) is 0 Å². The monoisotopic (exact) mass is 445 g/mol. The summed E-state index contributed by atoms with van der Waals surface area (Å²) in [6.07, 6.45) is 1.50. The molecule has 0 spiro atoms. The smallest absolute Gasteiger partial charge is 0.250 e. The van der Waals surface area contributed by atoms with Gasteiger partial charge in [-0.15, -0.1) is 0 Å². The number of hydrogen-bond acceptors (Lipinski definition) is 6. The number of methoxy groups -OCH3 is 1. The fourth-order valence-corrected chi connectivity index (χ4v) is 3.55. The number of carbonyl (C=O) groups is 3. The maximum absolute atomic E-state index is 13.3. The number of amides is 3. The number of nitrogens with two attached hydrogens (primary N) is 1. The van der Waals surface area contributed by atoms with Gasteiger partial charge in [-0.1, -0.05) is 48.0 Å². The summed E-state index contributed by atoms with van der Waals surface area (Å²) in [5.74, 6) is -3.11. The number of primary amides is 1. The lowest BCUT2D eigenvalue weighted by Gasteiger charge is -2.37. The highest BCUT2D eigenvalue weighted by molar-refractivity contribution is 5.91. The number of ether oxygens (including phenoxy) is 2. The van der Waals surface area contributed by atoms with E-state index in [0.717, 1.165) is 0 Å². The molecule has 3 atom stereocenters. The molecule has 9 heteroatoms. The summed E-state index contributed by atoms with van der Waals surface area (Å²) in [7, 11) is 1.57. The molecule has 0 bridgehead atoms. The molecule has 4 N–H and O–H groups in total. The first kappa shape index (κ1) is 29.3. The van der Waals surface area contributed by atoms with Gasteiger partial charge < -0.3 is 20.5 Å². The third-order valence-electron chi connectivity index (χ3n) is 5.01. The van der Waals surface area contributed by atoms with Crippen molar-refractivity contribution in [2.45, 2.75) is 66.8 Å². The highest BCUT2D eigenvalue weighted by Crippen LogP contribution is 2.30. The summed E-state index contributed by atoms with van der Waals surface area (Å²) in [5.41, 5.74) is 4.83. The second-order valence-corrected chi connectivity index (χ2v) is 9.38. The first-order chi connectivity index (χ1) is 14.4. The maximum Gasteiger partial charge on any atom is 0.250 e. The van der Waals surface area contributed by atoms with E-state index in [-0.39, 0.29) is 19.1 Å². The van der Waals surface area contributed by atoms with E-state index in [2.05, 4.69) is 5.32 Å². The topological polar surface area (TPSA) is 131 Å². The Morgan fingerprint density at radius 3 is 2.16 bits per heavy atom. The van der Waals surface area contributed by atoms with Crippen LogP contribution in [0.3, 0.4) is 0 Å². The number of hydroxylamine groups is 2. The molecule has 182 valence electrons. The van der Waals surface area contributed by atoms with E-state index in [4.69, 9.17) is 15.2 Å². The summed E-state index contributed by atoms with van der Waals surface area (Å²) in [6, 6.07) is -1.14. The Morgan fingerprint density at radius 1 is 1.10 bits per heavy atom. The molecule has 0 fully saturated rings. The molecule has 0 aromatic carbocycles. The molecule has 0 radical (unpaired) electrons. The van der Waals surface area contributed by atoms with Crippen LogP contribution >= 0.6 is 0 Å².